The highest BCUT2D eigenvalue weighted by atomic mass is 35.5. The first-order chi connectivity index (χ1) is 21.2. The van der Waals surface area contributed by atoms with Gasteiger partial charge >= 0.3 is 12.1 Å². The van der Waals surface area contributed by atoms with Crippen LogP contribution in [0.4, 0.5) is 18.9 Å². The molecule has 12 heteroatoms. The average Bonchev–Trinajstić information content (AvgIpc) is 3.46. The van der Waals surface area contributed by atoms with Crippen molar-refractivity contribution in [2.45, 2.75) is 57.9 Å². The molecule has 0 N–H and O–H groups in total. The molecule has 2 aromatic carbocycles. The standard InChI is InChI=1S/C33H34ClF3N4O4/c1-32(2,3)45-31(43)27-10-7-14-41(27)15-8-16-44-28-11-6-5-9-26(28)40(4)30(42)21-12-13-25(34)23(17-21)24-20-39-29(33(35,36)37)18-22(24)19-38/h5-6,9,11-13,17-18,20,27H,7-8,10,14-16H2,1-4H3/t27-/m0/s1. The van der Waals surface area contributed by atoms with Crippen molar-refractivity contribution in [3.63, 3.8) is 0 Å². The first-order valence-electron chi connectivity index (χ1n) is 14.4. The topological polar surface area (TPSA) is 95.8 Å². The van der Waals surface area contributed by atoms with E-state index >= 15 is 0 Å². The van der Waals surface area contributed by atoms with Gasteiger partial charge < -0.3 is 14.4 Å². The third-order valence-corrected chi connectivity index (χ3v) is 7.57. The van der Waals surface area contributed by atoms with Crippen molar-refractivity contribution in [3.8, 4) is 22.9 Å². The number of halogens is 4. The number of carbonyl (C=O) groups is 2. The number of nitrogens with zero attached hydrogens (tertiary/aromatic N) is 4. The zero-order valence-corrected chi connectivity index (χ0v) is 26.2. The summed E-state index contributed by atoms with van der Waals surface area (Å²) in [6.07, 6.45) is -1.47. The van der Waals surface area contributed by atoms with Crippen LogP contribution in [0, 0.1) is 11.3 Å². The normalized spacial score (nSPS) is 15.4. The molecule has 1 aliphatic heterocycles. The van der Waals surface area contributed by atoms with Crippen LogP contribution >= 0.6 is 11.6 Å². The summed E-state index contributed by atoms with van der Waals surface area (Å²) in [7, 11) is 1.58. The largest absolute Gasteiger partial charge is 0.491 e. The smallest absolute Gasteiger partial charge is 0.433 e. The van der Waals surface area contributed by atoms with Crippen LogP contribution in [0.5, 0.6) is 5.75 Å². The zero-order valence-electron chi connectivity index (χ0n) is 25.4. The summed E-state index contributed by atoms with van der Waals surface area (Å²) in [6, 6.07) is 13.5. The number of carbonyl (C=O) groups excluding carboxylic acids is 2. The van der Waals surface area contributed by atoms with Crippen molar-refractivity contribution in [1.29, 1.82) is 5.26 Å². The lowest BCUT2D eigenvalue weighted by molar-refractivity contribution is -0.160. The number of alkyl halides is 3. The van der Waals surface area contributed by atoms with Crippen LogP contribution in [0.1, 0.15) is 61.6 Å². The molecule has 8 nitrogen and oxygen atoms in total. The molecule has 1 fully saturated rings. The van der Waals surface area contributed by atoms with Crippen LogP contribution in [0.15, 0.2) is 54.7 Å². The molecule has 2 heterocycles. The van der Waals surface area contributed by atoms with Crippen molar-refractivity contribution in [1.82, 2.24) is 9.88 Å². The molecule has 238 valence electrons. The highest BCUT2D eigenvalue weighted by Crippen LogP contribution is 2.36. The third-order valence-electron chi connectivity index (χ3n) is 7.24. The van der Waals surface area contributed by atoms with Gasteiger partial charge in [0.15, 0.2) is 0 Å². The van der Waals surface area contributed by atoms with Gasteiger partial charge in [0, 0.05) is 41.5 Å². The Morgan fingerprint density at radius 1 is 1.13 bits per heavy atom. The number of para-hydroxylation sites is 2. The predicted molar refractivity (Wildman–Crippen MR) is 164 cm³/mol. The van der Waals surface area contributed by atoms with Gasteiger partial charge in [-0.05, 0) is 83.0 Å². The number of pyridine rings is 1. The van der Waals surface area contributed by atoms with E-state index in [1.54, 1.807) is 37.4 Å². The molecular weight excluding hydrogens is 609 g/mol. The molecule has 0 unspecified atom stereocenters. The Kier molecular flexibility index (Phi) is 10.4. The molecule has 0 spiro atoms. The first kappa shape index (κ1) is 33.7. The van der Waals surface area contributed by atoms with Gasteiger partial charge in [0.2, 0.25) is 0 Å². The summed E-state index contributed by atoms with van der Waals surface area (Å²) >= 11 is 6.35. The van der Waals surface area contributed by atoms with Crippen molar-refractivity contribution >= 4 is 29.2 Å². The number of esters is 1. The Labute approximate surface area is 265 Å². The van der Waals surface area contributed by atoms with Gasteiger partial charge in [0.05, 0.1) is 23.9 Å². The Morgan fingerprint density at radius 2 is 1.87 bits per heavy atom. The number of aromatic nitrogens is 1. The molecule has 1 atom stereocenters. The summed E-state index contributed by atoms with van der Waals surface area (Å²) in [5.74, 6) is -0.166. The van der Waals surface area contributed by atoms with E-state index in [-0.39, 0.29) is 39.3 Å². The van der Waals surface area contributed by atoms with Crippen molar-refractivity contribution in [3.05, 3.63) is 76.6 Å². The quantitative estimate of drug-likeness (QED) is 0.181. The number of anilines is 1. The van der Waals surface area contributed by atoms with E-state index < -0.39 is 23.4 Å². The van der Waals surface area contributed by atoms with E-state index in [1.165, 1.54) is 23.1 Å². The maximum Gasteiger partial charge on any atom is 0.433 e. The highest BCUT2D eigenvalue weighted by Gasteiger charge is 2.34. The number of amides is 1. The molecule has 1 saturated heterocycles. The van der Waals surface area contributed by atoms with Crippen LogP contribution in [0.25, 0.3) is 11.1 Å². The third kappa shape index (κ3) is 8.32. The fourth-order valence-corrected chi connectivity index (χ4v) is 5.34. The minimum atomic E-state index is -4.72. The predicted octanol–water partition coefficient (Wildman–Crippen LogP) is 7.14. The molecule has 4 rings (SSSR count). The van der Waals surface area contributed by atoms with E-state index in [1.807, 2.05) is 20.8 Å². The van der Waals surface area contributed by atoms with E-state index in [0.29, 0.717) is 37.1 Å². The van der Waals surface area contributed by atoms with Gasteiger partial charge in [0.25, 0.3) is 5.91 Å². The SMILES string of the molecule is CN(C(=O)c1ccc(Cl)c(-c2cnc(C(F)(F)F)cc2C#N)c1)c1ccccc1OCCCN1CCC[C@H]1C(=O)OC(C)(C)C. The van der Waals surface area contributed by atoms with E-state index in [4.69, 9.17) is 21.1 Å². The van der Waals surface area contributed by atoms with Crippen LogP contribution in [0.2, 0.25) is 5.02 Å². The number of benzene rings is 2. The summed E-state index contributed by atoms with van der Waals surface area (Å²) in [4.78, 5) is 33.2. The molecule has 0 aliphatic carbocycles. The van der Waals surface area contributed by atoms with Gasteiger partial charge in [0.1, 0.15) is 23.1 Å². The lowest BCUT2D eigenvalue weighted by atomic mass is 9.99. The molecule has 1 aromatic heterocycles. The molecule has 0 bridgehead atoms. The number of nitriles is 1. The number of likely N-dealkylation sites (tertiary alicyclic amines) is 1. The van der Waals surface area contributed by atoms with E-state index in [0.717, 1.165) is 25.6 Å². The summed E-state index contributed by atoms with van der Waals surface area (Å²) in [5.41, 5.74) is -1.06. The van der Waals surface area contributed by atoms with E-state index in [2.05, 4.69) is 9.88 Å². The van der Waals surface area contributed by atoms with Crippen LogP contribution in [0.3, 0.4) is 0 Å². The molecular formula is C33H34ClF3N4O4. The highest BCUT2D eigenvalue weighted by molar-refractivity contribution is 6.33. The molecule has 1 amide bonds. The first-order valence-corrected chi connectivity index (χ1v) is 14.8. The summed E-state index contributed by atoms with van der Waals surface area (Å²) < 4.78 is 51.1. The summed E-state index contributed by atoms with van der Waals surface area (Å²) in [6.45, 7) is 7.36. The summed E-state index contributed by atoms with van der Waals surface area (Å²) in [5, 5.41) is 9.68. The van der Waals surface area contributed by atoms with Gasteiger partial charge in [-0.3, -0.25) is 19.5 Å². The number of rotatable bonds is 9. The molecule has 45 heavy (non-hydrogen) atoms. The monoisotopic (exact) mass is 642 g/mol. The molecule has 0 radical (unpaired) electrons. The van der Waals surface area contributed by atoms with Crippen molar-refractivity contribution in [2.24, 2.45) is 0 Å². The second-order valence-corrected chi connectivity index (χ2v) is 12.1. The maximum atomic E-state index is 13.6. The van der Waals surface area contributed by atoms with Gasteiger partial charge in [-0.25, -0.2) is 0 Å². The second-order valence-electron chi connectivity index (χ2n) is 11.7. The zero-order chi connectivity index (χ0) is 32.9. The minimum Gasteiger partial charge on any atom is -0.491 e. The Hall–Kier alpha value is -4.14. The number of hydrogen-bond donors (Lipinski definition) is 0. The van der Waals surface area contributed by atoms with Gasteiger partial charge in [-0.1, -0.05) is 23.7 Å². The minimum absolute atomic E-state index is 0.0726. The molecule has 3 aromatic rings. The lowest BCUT2D eigenvalue weighted by Crippen LogP contribution is -2.41. The van der Waals surface area contributed by atoms with Crippen LogP contribution in [-0.2, 0) is 15.7 Å². The Bertz CT molecular complexity index is 1600. The Morgan fingerprint density at radius 3 is 2.56 bits per heavy atom. The van der Waals surface area contributed by atoms with Crippen molar-refractivity contribution in [2.75, 3.05) is 31.6 Å². The molecule has 0 saturated carbocycles. The van der Waals surface area contributed by atoms with Gasteiger partial charge in [-0.2, -0.15) is 18.4 Å². The lowest BCUT2D eigenvalue weighted by Gasteiger charge is -2.27. The van der Waals surface area contributed by atoms with E-state index in [9.17, 15) is 28.0 Å². The average molecular weight is 643 g/mol. The second kappa shape index (κ2) is 13.9. The molecule has 1 aliphatic rings. The van der Waals surface area contributed by atoms with Crippen LogP contribution < -0.4 is 9.64 Å². The fraction of sp³-hybridized carbons (Fsp3) is 0.394. The van der Waals surface area contributed by atoms with Crippen molar-refractivity contribution < 1.29 is 32.2 Å². The maximum absolute atomic E-state index is 13.6. The van der Waals surface area contributed by atoms with Crippen LogP contribution in [-0.4, -0.2) is 60.1 Å². The Balaban J connectivity index is 1.46. The number of hydrogen-bond acceptors (Lipinski definition) is 7. The number of ether oxygens (including phenoxy) is 2. The van der Waals surface area contributed by atoms with Gasteiger partial charge in [-0.15, -0.1) is 0 Å². The fourth-order valence-electron chi connectivity index (χ4n) is 5.12.